The molecule has 9 nitrogen and oxygen atoms in total. The van der Waals surface area contributed by atoms with Crippen LogP contribution in [-0.2, 0) is 28.9 Å². The maximum atomic E-state index is 15.3. The normalized spacial score (nSPS) is 13.3. The average Bonchev–Trinajstić information content (AvgIpc) is 3.09. The lowest BCUT2D eigenvalue weighted by Gasteiger charge is -2.23. The summed E-state index contributed by atoms with van der Waals surface area (Å²) >= 11 is 0. The van der Waals surface area contributed by atoms with Gasteiger partial charge in [0.05, 0.1) is 26.3 Å². The Bertz CT molecular complexity index is 1710. The number of rotatable bonds is 13. The van der Waals surface area contributed by atoms with Gasteiger partial charge < -0.3 is 30.2 Å². The summed E-state index contributed by atoms with van der Waals surface area (Å²) in [6, 6.07) is 16.0. The number of carbonyl (C=O) groups excluding carboxylic acids is 2. The molecule has 5 rings (SSSR count). The van der Waals surface area contributed by atoms with E-state index < -0.39 is 17.6 Å². The van der Waals surface area contributed by atoms with Crippen molar-refractivity contribution in [2.24, 2.45) is 5.92 Å². The van der Waals surface area contributed by atoms with Crippen LogP contribution in [0.2, 0.25) is 0 Å². The molecule has 0 spiro atoms. The van der Waals surface area contributed by atoms with Gasteiger partial charge in [0.2, 0.25) is 0 Å². The van der Waals surface area contributed by atoms with Gasteiger partial charge in [-0.1, -0.05) is 12.1 Å². The molecule has 2 heterocycles. The molecule has 1 aliphatic rings. The number of hydrogen-bond donors (Lipinski definition) is 3. The van der Waals surface area contributed by atoms with E-state index in [9.17, 15) is 9.59 Å². The lowest BCUT2D eigenvalue weighted by atomic mass is 9.90. The minimum Gasteiger partial charge on any atom is -0.496 e. The first-order valence-electron chi connectivity index (χ1n) is 16.2. The van der Waals surface area contributed by atoms with E-state index in [0.29, 0.717) is 42.4 Å². The van der Waals surface area contributed by atoms with Crippen molar-refractivity contribution in [3.05, 3.63) is 88.9 Å². The molecule has 3 aromatic carbocycles. The number of amides is 2. The first kappa shape index (κ1) is 33.7. The first-order valence-corrected chi connectivity index (χ1v) is 16.2. The molecular formula is C37H43FN4O5. The van der Waals surface area contributed by atoms with E-state index >= 15 is 4.39 Å². The number of benzene rings is 3. The summed E-state index contributed by atoms with van der Waals surface area (Å²) in [5.74, 6) is 0.608. The maximum absolute atomic E-state index is 15.3. The fraction of sp³-hybridized carbons (Fsp3) is 0.378. The number of ether oxygens (including phenoxy) is 3. The van der Waals surface area contributed by atoms with E-state index in [1.807, 2.05) is 31.2 Å². The standard InChI is InChI=1S/C37H43FN4O5/c1-4-47-35-19-25(6-10-33(35)45-2)13-17-41-36(43)37(44)42-29-9-8-27(31(38)22-29)20-26-14-18-40-32-21-28(34(46-3)23-30(26)32)7-5-24-11-15-39-16-12-24/h6,8-10,14,18-19,21-24,39H,4-5,7,11-13,15-17,20H2,1-3H3,(H,41,43)(H,42,44). The van der Waals surface area contributed by atoms with Gasteiger partial charge in [-0.15, -0.1) is 0 Å². The van der Waals surface area contributed by atoms with Crippen LogP contribution < -0.4 is 30.2 Å². The molecule has 0 aliphatic carbocycles. The second-order valence-electron chi connectivity index (χ2n) is 11.7. The number of anilines is 1. The van der Waals surface area contributed by atoms with E-state index in [2.05, 4.69) is 27.0 Å². The van der Waals surface area contributed by atoms with Gasteiger partial charge in [-0.3, -0.25) is 14.6 Å². The van der Waals surface area contributed by atoms with Crippen LogP contribution in [0.4, 0.5) is 10.1 Å². The third-order valence-electron chi connectivity index (χ3n) is 8.64. The number of fused-ring (bicyclic) bond motifs is 1. The van der Waals surface area contributed by atoms with Gasteiger partial charge in [-0.2, -0.15) is 0 Å². The van der Waals surface area contributed by atoms with Crippen LogP contribution >= 0.6 is 0 Å². The highest BCUT2D eigenvalue weighted by Gasteiger charge is 2.18. The summed E-state index contributed by atoms with van der Waals surface area (Å²) in [6.45, 7) is 4.77. The van der Waals surface area contributed by atoms with E-state index in [1.54, 1.807) is 38.6 Å². The van der Waals surface area contributed by atoms with Crippen molar-refractivity contribution in [1.29, 1.82) is 0 Å². The quantitative estimate of drug-likeness (QED) is 0.163. The number of methoxy groups -OCH3 is 2. The third kappa shape index (κ3) is 8.77. The number of aryl methyl sites for hydroxylation is 1. The number of nitrogens with zero attached hydrogens (tertiary/aromatic N) is 1. The van der Waals surface area contributed by atoms with Crippen molar-refractivity contribution in [3.63, 3.8) is 0 Å². The zero-order chi connectivity index (χ0) is 33.2. The molecular weight excluding hydrogens is 599 g/mol. The summed E-state index contributed by atoms with van der Waals surface area (Å²) in [5, 5.41) is 9.43. The molecule has 4 aromatic rings. The SMILES string of the molecule is CCOc1cc(CCNC(=O)C(=O)Nc2ccc(Cc3ccnc4cc(CCC5CCNCC5)c(OC)cc34)c(F)c2)ccc1OC. The summed E-state index contributed by atoms with van der Waals surface area (Å²) in [6.07, 6.45) is 6.99. The summed E-state index contributed by atoms with van der Waals surface area (Å²) in [7, 11) is 3.25. The maximum Gasteiger partial charge on any atom is 0.313 e. The molecule has 1 aromatic heterocycles. The minimum atomic E-state index is -0.870. The molecule has 0 saturated carbocycles. The van der Waals surface area contributed by atoms with Crippen molar-refractivity contribution in [2.75, 3.05) is 45.8 Å². The van der Waals surface area contributed by atoms with Gasteiger partial charge >= 0.3 is 11.8 Å². The van der Waals surface area contributed by atoms with Gasteiger partial charge in [0.15, 0.2) is 11.5 Å². The van der Waals surface area contributed by atoms with Crippen LogP contribution in [0.5, 0.6) is 17.2 Å². The molecule has 0 radical (unpaired) electrons. The highest BCUT2D eigenvalue weighted by molar-refractivity contribution is 6.39. The fourth-order valence-corrected chi connectivity index (χ4v) is 6.05. The Balaban J connectivity index is 1.18. The Kier molecular flexibility index (Phi) is 11.6. The van der Waals surface area contributed by atoms with E-state index in [0.717, 1.165) is 59.3 Å². The number of carbonyl (C=O) groups is 2. The van der Waals surface area contributed by atoms with Crippen molar-refractivity contribution >= 4 is 28.4 Å². The van der Waals surface area contributed by atoms with Crippen molar-refractivity contribution in [1.82, 2.24) is 15.6 Å². The molecule has 0 bridgehead atoms. The van der Waals surface area contributed by atoms with Gasteiger partial charge in [0.1, 0.15) is 11.6 Å². The highest BCUT2D eigenvalue weighted by atomic mass is 19.1. The van der Waals surface area contributed by atoms with Crippen molar-refractivity contribution < 1.29 is 28.2 Å². The van der Waals surface area contributed by atoms with Crippen LogP contribution in [0, 0.1) is 11.7 Å². The molecule has 248 valence electrons. The molecule has 0 unspecified atom stereocenters. The molecule has 1 saturated heterocycles. The number of pyridine rings is 1. The number of halogens is 1. The Hall–Kier alpha value is -4.70. The van der Waals surface area contributed by atoms with E-state index in [4.69, 9.17) is 14.2 Å². The molecule has 1 fully saturated rings. The van der Waals surface area contributed by atoms with Gasteiger partial charge in [0, 0.05) is 30.2 Å². The van der Waals surface area contributed by atoms with Gasteiger partial charge in [0.25, 0.3) is 0 Å². The molecule has 10 heteroatoms. The Morgan fingerprint density at radius 3 is 2.45 bits per heavy atom. The molecule has 47 heavy (non-hydrogen) atoms. The summed E-state index contributed by atoms with van der Waals surface area (Å²) in [4.78, 5) is 29.6. The fourth-order valence-electron chi connectivity index (χ4n) is 6.05. The van der Waals surface area contributed by atoms with Gasteiger partial charge in [-0.05, 0) is 123 Å². The van der Waals surface area contributed by atoms with Crippen LogP contribution in [0.3, 0.4) is 0 Å². The molecule has 2 amide bonds. The minimum absolute atomic E-state index is 0.197. The number of nitrogens with one attached hydrogen (secondary N) is 3. The molecule has 1 aliphatic heterocycles. The van der Waals surface area contributed by atoms with Crippen LogP contribution in [-0.4, -0.2) is 57.3 Å². The Morgan fingerprint density at radius 1 is 0.894 bits per heavy atom. The van der Waals surface area contributed by atoms with Crippen LogP contribution in [0.15, 0.2) is 60.8 Å². The zero-order valence-corrected chi connectivity index (χ0v) is 27.3. The zero-order valence-electron chi connectivity index (χ0n) is 27.3. The van der Waals surface area contributed by atoms with Crippen LogP contribution in [0.1, 0.15) is 48.4 Å². The van der Waals surface area contributed by atoms with Crippen molar-refractivity contribution in [2.45, 2.75) is 45.4 Å². The third-order valence-corrected chi connectivity index (χ3v) is 8.64. The predicted octanol–water partition coefficient (Wildman–Crippen LogP) is 5.61. The first-order chi connectivity index (χ1) is 22.9. The van der Waals surface area contributed by atoms with Crippen LogP contribution in [0.25, 0.3) is 10.9 Å². The Morgan fingerprint density at radius 2 is 1.70 bits per heavy atom. The number of hydrogen-bond acceptors (Lipinski definition) is 7. The second kappa shape index (κ2) is 16.2. The summed E-state index contributed by atoms with van der Waals surface area (Å²) in [5.41, 5.74) is 4.47. The lowest BCUT2D eigenvalue weighted by Crippen LogP contribution is -2.36. The smallest absolute Gasteiger partial charge is 0.313 e. The Labute approximate surface area is 275 Å². The number of piperidine rings is 1. The molecule has 0 atom stereocenters. The second-order valence-corrected chi connectivity index (χ2v) is 11.7. The number of aromatic nitrogens is 1. The van der Waals surface area contributed by atoms with Gasteiger partial charge in [-0.25, -0.2) is 4.39 Å². The highest BCUT2D eigenvalue weighted by Crippen LogP contribution is 2.32. The topological polar surface area (TPSA) is 111 Å². The van der Waals surface area contributed by atoms with E-state index in [1.165, 1.54) is 18.9 Å². The molecule has 3 N–H and O–H groups in total. The monoisotopic (exact) mass is 642 g/mol. The van der Waals surface area contributed by atoms with E-state index in [-0.39, 0.29) is 12.2 Å². The average molecular weight is 643 g/mol. The predicted molar refractivity (Wildman–Crippen MR) is 181 cm³/mol. The lowest BCUT2D eigenvalue weighted by molar-refractivity contribution is -0.136. The summed E-state index contributed by atoms with van der Waals surface area (Å²) < 4.78 is 31.9. The van der Waals surface area contributed by atoms with Crippen molar-refractivity contribution in [3.8, 4) is 17.2 Å². The largest absolute Gasteiger partial charge is 0.496 e.